The number of nitrogens with zero attached hydrogens (tertiary/aromatic N) is 2. The molecule has 2 aromatic carbocycles. The molecule has 1 N–H and O–H groups in total. The maximum atomic E-state index is 12.8. The molecule has 3 rings (SSSR count). The van der Waals surface area contributed by atoms with Crippen LogP contribution in [-0.2, 0) is 17.1 Å². The molecule has 1 atom stereocenters. The minimum atomic E-state index is -3.49. The Balaban J connectivity index is 1.79. The van der Waals surface area contributed by atoms with Crippen molar-refractivity contribution in [1.82, 2.24) is 14.2 Å². The number of hydrogen-bond donors (Lipinski definition) is 1. The summed E-state index contributed by atoms with van der Waals surface area (Å²) in [6.07, 6.45) is 1.83. The zero-order valence-corrected chi connectivity index (χ0v) is 18.0. The maximum Gasteiger partial charge on any atom is 0.253 e. The second-order valence-corrected chi connectivity index (χ2v) is 8.96. The highest BCUT2D eigenvalue weighted by molar-refractivity contribution is 7.89. The molecule has 1 heterocycles. The number of nitrogens with one attached hydrogen (secondary N) is 1. The molecule has 6 nitrogen and oxygen atoms in total. The van der Waals surface area contributed by atoms with Crippen molar-refractivity contribution in [1.29, 1.82) is 0 Å². The molecule has 0 fully saturated rings. The van der Waals surface area contributed by atoms with Crippen LogP contribution in [0.25, 0.3) is 10.9 Å². The van der Waals surface area contributed by atoms with Crippen LogP contribution in [0, 0.1) is 0 Å². The van der Waals surface area contributed by atoms with E-state index in [9.17, 15) is 13.2 Å². The number of carbonyl (C=O) groups excluding carboxylic acids is 1. The average molecular weight is 414 g/mol. The fourth-order valence-electron chi connectivity index (χ4n) is 3.52. The number of benzene rings is 2. The van der Waals surface area contributed by atoms with Crippen LogP contribution < -0.4 is 5.32 Å². The van der Waals surface area contributed by atoms with Crippen LogP contribution in [0.5, 0.6) is 0 Å². The first-order valence-electron chi connectivity index (χ1n) is 9.74. The van der Waals surface area contributed by atoms with Gasteiger partial charge in [0.2, 0.25) is 10.0 Å². The SMILES string of the molecule is CCN(CC)S(=O)(=O)c1ccc(C(C)NC(=O)c2cn(C)c3ccccc23)cc1. The molecule has 0 aliphatic heterocycles. The van der Waals surface area contributed by atoms with E-state index >= 15 is 0 Å². The van der Waals surface area contributed by atoms with Gasteiger partial charge in [-0.25, -0.2) is 8.42 Å². The van der Waals surface area contributed by atoms with Gasteiger partial charge < -0.3 is 9.88 Å². The third kappa shape index (κ3) is 4.06. The van der Waals surface area contributed by atoms with E-state index in [0.29, 0.717) is 18.7 Å². The zero-order chi connectivity index (χ0) is 21.2. The Morgan fingerprint density at radius 1 is 1.07 bits per heavy atom. The van der Waals surface area contributed by atoms with E-state index in [0.717, 1.165) is 16.5 Å². The number of aromatic nitrogens is 1. The van der Waals surface area contributed by atoms with E-state index < -0.39 is 10.0 Å². The molecule has 1 aromatic heterocycles. The monoisotopic (exact) mass is 413 g/mol. The van der Waals surface area contributed by atoms with Gasteiger partial charge >= 0.3 is 0 Å². The van der Waals surface area contributed by atoms with Gasteiger partial charge in [-0.2, -0.15) is 4.31 Å². The number of para-hydroxylation sites is 1. The van der Waals surface area contributed by atoms with Crippen molar-refractivity contribution in [2.45, 2.75) is 31.7 Å². The number of rotatable bonds is 7. The van der Waals surface area contributed by atoms with Gasteiger partial charge in [-0.15, -0.1) is 0 Å². The van der Waals surface area contributed by atoms with Crippen LogP contribution in [0.4, 0.5) is 0 Å². The number of hydrogen-bond acceptors (Lipinski definition) is 3. The standard InChI is InChI=1S/C22H27N3O3S/c1-5-25(6-2)29(27,28)18-13-11-17(12-14-18)16(3)23-22(26)20-15-24(4)21-10-8-7-9-19(20)21/h7-16H,5-6H2,1-4H3,(H,23,26). The average Bonchev–Trinajstić information content (AvgIpc) is 3.06. The highest BCUT2D eigenvalue weighted by Gasteiger charge is 2.22. The normalized spacial score (nSPS) is 13.0. The van der Waals surface area contributed by atoms with Crippen LogP contribution in [0.15, 0.2) is 59.6 Å². The largest absolute Gasteiger partial charge is 0.350 e. The first kappa shape index (κ1) is 21.1. The van der Waals surface area contributed by atoms with Crippen molar-refractivity contribution in [3.63, 3.8) is 0 Å². The van der Waals surface area contributed by atoms with Crippen molar-refractivity contribution in [2.75, 3.05) is 13.1 Å². The molecule has 0 radical (unpaired) electrons. The third-order valence-corrected chi connectivity index (χ3v) is 7.28. The molecular formula is C22H27N3O3S. The summed E-state index contributed by atoms with van der Waals surface area (Å²) in [5.74, 6) is -0.158. The second-order valence-electron chi connectivity index (χ2n) is 7.02. The molecule has 154 valence electrons. The van der Waals surface area contributed by atoms with Crippen molar-refractivity contribution < 1.29 is 13.2 Å². The number of fused-ring (bicyclic) bond motifs is 1. The lowest BCUT2D eigenvalue weighted by Gasteiger charge is -2.19. The number of aryl methyl sites for hydroxylation is 1. The molecule has 0 saturated carbocycles. The van der Waals surface area contributed by atoms with E-state index in [1.807, 2.05) is 62.8 Å². The lowest BCUT2D eigenvalue weighted by atomic mass is 10.1. The van der Waals surface area contributed by atoms with Gasteiger partial charge in [0.25, 0.3) is 5.91 Å². The molecule has 0 bridgehead atoms. The lowest BCUT2D eigenvalue weighted by Crippen LogP contribution is -2.30. The zero-order valence-electron chi connectivity index (χ0n) is 17.2. The first-order chi connectivity index (χ1) is 13.8. The summed E-state index contributed by atoms with van der Waals surface area (Å²) < 4.78 is 28.6. The molecule has 1 unspecified atom stereocenters. The van der Waals surface area contributed by atoms with Crippen LogP contribution in [0.3, 0.4) is 0 Å². The molecule has 0 saturated heterocycles. The van der Waals surface area contributed by atoms with Crippen LogP contribution >= 0.6 is 0 Å². The van der Waals surface area contributed by atoms with Crippen molar-refractivity contribution in [2.24, 2.45) is 7.05 Å². The summed E-state index contributed by atoms with van der Waals surface area (Å²) in [5, 5.41) is 3.91. The Morgan fingerprint density at radius 2 is 1.69 bits per heavy atom. The van der Waals surface area contributed by atoms with Gasteiger partial charge in [0.15, 0.2) is 0 Å². The summed E-state index contributed by atoms with van der Waals surface area (Å²) in [5.41, 5.74) is 2.46. The molecule has 1 amide bonds. The molecular weight excluding hydrogens is 386 g/mol. The van der Waals surface area contributed by atoms with Gasteiger partial charge in [-0.05, 0) is 30.7 Å². The molecule has 0 aliphatic carbocycles. The highest BCUT2D eigenvalue weighted by atomic mass is 32.2. The van der Waals surface area contributed by atoms with Gasteiger partial charge in [0.05, 0.1) is 16.5 Å². The quantitative estimate of drug-likeness (QED) is 0.642. The Labute approximate surface area is 172 Å². The molecule has 0 aliphatic rings. The summed E-state index contributed by atoms with van der Waals surface area (Å²) >= 11 is 0. The third-order valence-electron chi connectivity index (χ3n) is 5.21. The molecule has 29 heavy (non-hydrogen) atoms. The Kier molecular flexibility index (Phi) is 6.10. The summed E-state index contributed by atoms with van der Waals surface area (Å²) in [4.78, 5) is 13.1. The fraction of sp³-hybridized carbons (Fsp3) is 0.318. The van der Waals surface area contributed by atoms with Crippen LogP contribution in [-0.4, -0.2) is 36.3 Å². The number of sulfonamides is 1. The van der Waals surface area contributed by atoms with Crippen molar-refractivity contribution in [3.05, 3.63) is 65.9 Å². The minimum absolute atomic E-state index is 0.158. The second kappa shape index (κ2) is 8.39. The topological polar surface area (TPSA) is 71.4 Å². The van der Waals surface area contributed by atoms with E-state index in [-0.39, 0.29) is 16.8 Å². The van der Waals surface area contributed by atoms with E-state index in [1.54, 1.807) is 24.3 Å². The maximum absolute atomic E-state index is 12.8. The Hall–Kier alpha value is -2.64. The molecule has 3 aromatic rings. The Morgan fingerprint density at radius 3 is 2.31 bits per heavy atom. The van der Waals surface area contributed by atoms with Crippen molar-refractivity contribution in [3.8, 4) is 0 Å². The van der Waals surface area contributed by atoms with Gasteiger partial charge in [-0.1, -0.05) is 44.2 Å². The van der Waals surface area contributed by atoms with Crippen molar-refractivity contribution >= 4 is 26.8 Å². The number of amides is 1. The molecule has 0 spiro atoms. The number of carbonyl (C=O) groups is 1. The Bertz CT molecular complexity index is 1110. The minimum Gasteiger partial charge on any atom is -0.350 e. The highest BCUT2D eigenvalue weighted by Crippen LogP contribution is 2.23. The lowest BCUT2D eigenvalue weighted by molar-refractivity contribution is 0.0941. The smallest absolute Gasteiger partial charge is 0.253 e. The van der Waals surface area contributed by atoms with Gasteiger partial charge in [0.1, 0.15) is 0 Å². The summed E-state index contributed by atoms with van der Waals surface area (Å²) in [6, 6.07) is 14.2. The van der Waals surface area contributed by atoms with Crippen LogP contribution in [0.2, 0.25) is 0 Å². The van der Waals surface area contributed by atoms with Crippen LogP contribution in [0.1, 0.15) is 42.7 Å². The van der Waals surface area contributed by atoms with E-state index in [1.165, 1.54) is 4.31 Å². The van der Waals surface area contributed by atoms with E-state index in [4.69, 9.17) is 0 Å². The predicted octanol–water partition coefficient (Wildman–Crippen LogP) is 3.70. The summed E-state index contributed by atoms with van der Waals surface area (Å²) in [6.45, 7) is 6.38. The molecule has 7 heteroatoms. The fourth-order valence-corrected chi connectivity index (χ4v) is 4.98. The van der Waals surface area contributed by atoms with Gasteiger partial charge in [-0.3, -0.25) is 4.79 Å². The van der Waals surface area contributed by atoms with E-state index in [2.05, 4.69) is 5.32 Å². The summed E-state index contributed by atoms with van der Waals surface area (Å²) in [7, 11) is -1.57. The van der Waals surface area contributed by atoms with Gasteiger partial charge in [0, 0.05) is 37.2 Å². The predicted molar refractivity (Wildman–Crippen MR) is 115 cm³/mol. The first-order valence-corrected chi connectivity index (χ1v) is 11.2.